The number of rotatable bonds is 5. The zero-order valence-electron chi connectivity index (χ0n) is 13.2. The first-order valence-electron chi connectivity index (χ1n) is 8.13. The Bertz CT molecular complexity index is 546. The summed E-state index contributed by atoms with van der Waals surface area (Å²) in [4.78, 5) is 16.4. The van der Waals surface area contributed by atoms with Gasteiger partial charge in [0, 0.05) is 25.2 Å². The van der Waals surface area contributed by atoms with Gasteiger partial charge < -0.3 is 10.6 Å². The van der Waals surface area contributed by atoms with E-state index in [4.69, 9.17) is 5.73 Å². The van der Waals surface area contributed by atoms with Crippen LogP contribution in [-0.4, -0.2) is 73.4 Å². The van der Waals surface area contributed by atoms with Crippen molar-refractivity contribution in [1.82, 2.24) is 9.80 Å². The number of nitrogens with zero attached hydrogens (tertiary/aromatic N) is 2. The van der Waals surface area contributed by atoms with Crippen LogP contribution in [0.15, 0.2) is 0 Å². The normalized spacial score (nSPS) is 37.7. The van der Waals surface area contributed by atoms with Gasteiger partial charge in [-0.15, -0.1) is 0 Å². The first-order chi connectivity index (χ1) is 10.3. The van der Waals surface area contributed by atoms with Gasteiger partial charge in [0.25, 0.3) is 0 Å². The number of likely N-dealkylation sites (N-methyl/N-ethyl adjacent to an activating group) is 1. The average molecular weight is 328 g/mol. The van der Waals surface area contributed by atoms with E-state index in [1.807, 2.05) is 7.05 Å². The van der Waals surface area contributed by atoms with E-state index >= 15 is 0 Å². The number of primary amides is 1. The lowest BCUT2D eigenvalue weighted by Crippen LogP contribution is -2.59. The number of piperidine rings is 1. The molecule has 3 aliphatic rings. The summed E-state index contributed by atoms with van der Waals surface area (Å²) < 4.78 is 23.2. The van der Waals surface area contributed by atoms with E-state index in [-0.39, 0.29) is 17.7 Å². The summed E-state index contributed by atoms with van der Waals surface area (Å²) in [5.74, 6) is 0.355. The molecule has 2 bridgehead atoms. The van der Waals surface area contributed by atoms with Gasteiger partial charge in [0.15, 0.2) is 9.84 Å². The van der Waals surface area contributed by atoms with E-state index in [1.54, 1.807) is 0 Å². The molecule has 125 valence electrons. The van der Waals surface area contributed by atoms with Crippen molar-refractivity contribution in [3.8, 4) is 0 Å². The largest absolute Gasteiger partial charge is 0.368 e. The lowest BCUT2D eigenvalue weighted by Gasteiger charge is -2.43. The predicted octanol–water partition coefficient (Wildman–Crippen LogP) is -0.208. The van der Waals surface area contributed by atoms with Crippen LogP contribution in [0.25, 0.3) is 0 Å². The second kappa shape index (κ2) is 5.76. The predicted molar refractivity (Wildman–Crippen MR) is 84.9 cm³/mol. The van der Waals surface area contributed by atoms with Gasteiger partial charge in [-0.25, -0.2) is 8.42 Å². The topological polar surface area (TPSA) is 83.7 Å². The Balaban J connectivity index is 1.62. The van der Waals surface area contributed by atoms with Crippen LogP contribution in [0.3, 0.4) is 0 Å². The molecule has 0 saturated carbocycles. The van der Waals surface area contributed by atoms with E-state index in [2.05, 4.69) is 16.2 Å². The Hall–Kier alpha value is -0.660. The molecule has 0 aliphatic carbocycles. The first kappa shape index (κ1) is 16.2. The fraction of sp³-hybridized carbons (Fsp3) is 0.867. The number of amides is 1. The van der Waals surface area contributed by atoms with Crippen molar-refractivity contribution in [2.24, 2.45) is 5.73 Å². The van der Waals surface area contributed by atoms with Crippen molar-refractivity contribution < 1.29 is 13.2 Å². The van der Waals surface area contributed by atoms with Crippen LogP contribution in [0.4, 0.5) is 0 Å². The third-order valence-electron chi connectivity index (χ3n) is 5.79. The molecule has 0 unspecified atom stereocenters. The molecule has 22 heavy (non-hydrogen) atoms. The van der Waals surface area contributed by atoms with Crippen LogP contribution in [-0.2, 0) is 14.6 Å². The van der Waals surface area contributed by atoms with E-state index in [0.717, 1.165) is 45.2 Å². The van der Waals surface area contributed by atoms with Crippen LogP contribution in [0.5, 0.6) is 0 Å². The first-order valence-corrected chi connectivity index (χ1v) is 9.95. The quantitative estimate of drug-likeness (QED) is 0.755. The second-order valence-electron chi connectivity index (χ2n) is 7.05. The molecule has 2 N–H and O–H groups in total. The molecule has 3 saturated heterocycles. The van der Waals surface area contributed by atoms with Crippen molar-refractivity contribution in [2.45, 2.75) is 49.7 Å². The minimum Gasteiger partial charge on any atom is -0.368 e. The number of carbonyl (C=O) groups excluding carboxylic acids is 1. The van der Waals surface area contributed by atoms with Crippen LogP contribution in [0.1, 0.15) is 32.1 Å². The smallest absolute Gasteiger partial charge is 0.237 e. The van der Waals surface area contributed by atoms with Crippen molar-refractivity contribution in [3.63, 3.8) is 0 Å². The summed E-state index contributed by atoms with van der Waals surface area (Å²) in [7, 11) is -0.866. The van der Waals surface area contributed by atoms with E-state index in [1.165, 1.54) is 0 Å². The van der Waals surface area contributed by atoms with Crippen molar-refractivity contribution >= 4 is 15.7 Å². The molecule has 3 aliphatic heterocycles. The number of carbonyl (C=O) groups is 1. The van der Waals surface area contributed by atoms with Gasteiger partial charge >= 0.3 is 0 Å². The molecule has 3 atom stereocenters. The van der Waals surface area contributed by atoms with Gasteiger partial charge in [-0.3, -0.25) is 9.69 Å². The zero-order valence-corrected chi connectivity index (χ0v) is 14.0. The van der Waals surface area contributed by atoms with E-state index in [9.17, 15) is 13.2 Å². The Morgan fingerprint density at radius 2 is 2.23 bits per heavy atom. The number of fused-ring (bicyclic) bond motifs is 2. The van der Waals surface area contributed by atoms with Crippen LogP contribution in [0.2, 0.25) is 0 Å². The Morgan fingerprint density at radius 3 is 2.86 bits per heavy atom. The Labute approximate surface area is 132 Å². The average Bonchev–Trinajstić information content (AvgIpc) is 2.90. The molecular formula is C15H26N3O3S. The fourth-order valence-corrected chi connectivity index (χ4v) is 6.17. The van der Waals surface area contributed by atoms with Crippen molar-refractivity contribution in [2.75, 3.05) is 31.6 Å². The molecule has 1 amide bonds. The molecule has 3 rings (SSSR count). The Morgan fingerprint density at radius 1 is 1.45 bits per heavy atom. The molecular weight excluding hydrogens is 302 g/mol. The number of hydrogen-bond acceptors (Lipinski definition) is 5. The molecule has 3 heterocycles. The lowest BCUT2D eigenvalue weighted by molar-refractivity contribution is -0.130. The van der Waals surface area contributed by atoms with Crippen LogP contribution in [0, 0.1) is 6.42 Å². The summed E-state index contributed by atoms with van der Waals surface area (Å²) in [5, 5.41) is 0. The number of hydrogen-bond donors (Lipinski definition) is 1. The van der Waals surface area contributed by atoms with Crippen LogP contribution >= 0.6 is 0 Å². The van der Waals surface area contributed by atoms with Crippen molar-refractivity contribution in [1.29, 1.82) is 0 Å². The summed E-state index contributed by atoms with van der Waals surface area (Å²) in [6, 6.07) is 0.533. The third-order valence-corrected chi connectivity index (χ3v) is 7.54. The van der Waals surface area contributed by atoms with Crippen LogP contribution < -0.4 is 5.73 Å². The summed E-state index contributed by atoms with van der Waals surface area (Å²) in [5.41, 5.74) is 5.21. The fourth-order valence-electron chi connectivity index (χ4n) is 4.37. The Kier molecular flexibility index (Phi) is 4.24. The summed E-state index contributed by atoms with van der Waals surface area (Å²) >= 11 is 0. The maximum Gasteiger partial charge on any atom is 0.237 e. The van der Waals surface area contributed by atoms with Crippen molar-refractivity contribution in [3.05, 3.63) is 6.42 Å². The molecule has 0 spiro atoms. The highest BCUT2D eigenvalue weighted by atomic mass is 32.2. The maximum atomic E-state index is 12.0. The van der Waals surface area contributed by atoms with Gasteiger partial charge in [-0.1, -0.05) is 0 Å². The van der Waals surface area contributed by atoms with Gasteiger partial charge in [-0.05, 0) is 45.6 Å². The second-order valence-corrected chi connectivity index (χ2v) is 9.28. The highest BCUT2D eigenvalue weighted by Crippen LogP contribution is 2.43. The molecule has 0 aromatic heterocycles. The number of nitrogens with two attached hydrogens (primary N) is 1. The van der Waals surface area contributed by atoms with Gasteiger partial charge in [0.2, 0.25) is 5.91 Å². The van der Waals surface area contributed by atoms with Gasteiger partial charge in [-0.2, -0.15) is 0 Å². The third kappa shape index (κ3) is 2.78. The monoisotopic (exact) mass is 328 g/mol. The van der Waals surface area contributed by atoms with E-state index < -0.39 is 15.4 Å². The summed E-state index contributed by atoms with van der Waals surface area (Å²) in [6.45, 7) is 1.57. The molecule has 0 aromatic rings. The van der Waals surface area contributed by atoms with Gasteiger partial charge in [0.05, 0.1) is 11.5 Å². The minimum atomic E-state index is -2.85. The standard InChI is InChI=1S/C15H26N3O3S/c1-17(13-5-10-22(20,21)11-13)8-9-18-12-3-2-6-15(18,7-4-12)14(16)19/h2,12-13H,3-11H2,1H3,(H2,16,19)/t12-,13-,15+/m1/s1. The molecule has 7 heteroatoms. The number of sulfone groups is 1. The maximum absolute atomic E-state index is 12.0. The van der Waals surface area contributed by atoms with E-state index in [0.29, 0.717) is 11.8 Å². The molecule has 3 fully saturated rings. The lowest BCUT2D eigenvalue weighted by atomic mass is 9.87. The molecule has 1 radical (unpaired) electrons. The highest BCUT2D eigenvalue weighted by molar-refractivity contribution is 7.91. The SMILES string of the molecule is CN(CCN1[C@@H]2C[CH]C[C@@]1(C(N)=O)CC2)[C@@H]1CCS(=O)(=O)C1. The molecule has 6 nitrogen and oxygen atoms in total. The molecule has 0 aromatic carbocycles. The highest BCUT2D eigenvalue weighted by Gasteiger charge is 2.52. The zero-order chi connectivity index (χ0) is 16.0. The van der Waals surface area contributed by atoms with Gasteiger partial charge in [0.1, 0.15) is 5.54 Å². The summed E-state index contributed by atoms with van der Waals surface area (Å²) in [6.07, 6.45) is 6.58. The minimum absolute atomic E-state index is 0.114.